The van der Waals surface area contributed by atoms with Crippen LogP contribution in [0.1, 0.15) is 79.6 Å². The van der Waals surface area contributed by atoms with Gasteiger partial charge in [-0.05, 0) is 48.9 Å². The molecule has 2 heterocycles. The number of ether oxygens (including phenoxy) is 4. The summed E-state index contributed by atoms with van der Waals surface area (Å²) >= 11 is 0. The average Bonchev–Trinajstić information content (AvgIpc) is 3.20. The lowest BCUT2D eigenvalue weighted by Gasteiger charge is -2.68. The van der Waals surface area contributed by atoms with Crippen molar-refractivity contribution < 1.29 is 38.4 Å². The van der Waals surface area contributed by atoms with Crippen LogP contribution in [0.5, 0.6) is 0 Å². The molecule has 34 heavy (non-hydrogen) atoms. The molecule has 0 bridgehead atoms. The number of carbonyl (C=O) groups is 3. The molecule has 0 aromatic carbocycles. The van der Waals surface area contributed by atoms with E-state index in [2.05, 4.69) is 20.8 Å². The first kappa shape index (κ1) is 24.0. The SMILES string of the molecule is CCCC(=O)O[C@H]1[C@@H](OC(C)=O)C23[C@@H]4[C@@H](OC(=O)[C@@H]4CC[C@@H]2[C@@]2(C)CCCC(C)(C)[C@H]12)O[C@H]3O. The van der Waals surface area contributed by atoms with Crippen molar-refractivity contribution in [1.82, 2.24) is 0 Å². The second kappa shape index (κ2) is 7.92. The molecule has 8 nitrogen and oxygen atoms in total. The molecule has 2 aliphatic heterocycles. The molecular formula is C26H38O8. The van der Waals surface area contributed by atoms with Gasteiger partial charge in [-0.3, -0.25) is 14.4 Å². The van der Waals surface area contributed by atoms with Gasteiger partial charge in [0.1, 0.15) is 6.10 Å². The second-order valence-corrected chi connectivity index (χ2v) is 12.1. The van der Waals surface area contributed by atoms with Crippen molar-refractivity contribution >= 4 is 17.9 Å². The highest BCUT2D eigenvalue weighted by molar-refractivity contribution is 5.76. The Hall–Kier alpha value is -1.67. The van der Waals surface area contributed by atoms with Gasteiger partial charge in [0.15, 0.2) is 12.4 Å². The summed E-state index contributed by atoms with van der Waals surface area (Å²) in [6, 6.07) is 0. The fourth-order valence-corrected chi connectivity index (χ4v) is 9.14. The highest BCUT2D eigenvalue weighted by atomic mass is 16.8. The minimum absolute atomic E-state index is 0.0737. The molecule has 0 amide bonds. The minimum atomic E-state index is -1.29. The molecule has 1 unspecified atom stereocenters. The first-order valence-electron chi connectivity index (χ1n) is 12.9. The number of carbonyl (C=O) groups excluding carboxylic acids is 3. The van der Waals surface area contributed by atoms with Gasteiger partial charge in [0, 0.05) is 25.2 Å². The Morgan fingerprint density at radius 1 is 1.15 bits per heavy atom. The van der Waals surface area contributed by atoms with Gasteiger partial charge < -0.3 is 24.1 Å². The first-order valence-corrected chi connectivity index (χ1v) is 12.9. The maximum absolute atomic E-state index is 12.9. The van der Waals surface area contributed by atoms with Crippen LogP contribution in [0.4, 0.5) is 0 Å². The number of rotatable bonds is 4. The van der Waals surface area contributed by atoms with Crippen molar-refractivity contribution in [1.29, 1.82) is 0 Å². The molecular weight excluding hydrogens is 440 g/mol. The fraction of sp³-hybridized carbons (Fsp3) is 0.885. The third-order valence-corrected chi connectivity index (χ3v) is 9.92. The lowest BCUT2D eigenvalue weighted by molar-refractivity contribution is -0.310. The molecule has 190 valence electrons. The van der Waals surface area contributed by atoms with Crippen LogP contribution in [0.15, 0.2) is 0 Å². The molecule has 1 N–H and O–H groups in total. The topological polar surface area (TPSA) is 108 Å². The molecule has 2 saturated heterocycles. The van der Waals surface area contributed by atoms with E-state index >= 15 is 0 Å². The normalized spacial score (nSPS) is 48.2. The molecule has 5 aliphatic rings. The van der Waals surface area contributed by atoms with Gasteiger partial charge in [0.2, 0.25) is 6.29 Å². The number of hydrogen-bond acceptors (Lipinski definition) is 8. The molecule has 8 heteroatoms. The standard InChI is InChI=1S/C26H38O8/c1-6-8-16(28)32-18-19-24(3,4)11-7-12-25(19,5)15-10-9-14-17-22(33-21(14)29)34-23(30)26(15,17)20(18)31-13(2)27/h14-15,17-20,22-23,30H,6-12H2,1-5H3/t14-,15-,17+,18-,19+,20-,22+,23-,25-,26?/m1/s1. The van der Waals surface area contributed by atoms with Crippen LogP contribution in [0.3, 0.4) is 0 Å². The van der Waals surface area contributed by atoms with E-state index in [1.165, 1.54) is 6.92 Å². The zero-order chi connectivity index (χ0) is 24.6. The third kappa shape index (κ3) is 3.06. The number of aliphatic hydroxyl groups is 1. The average molecular weight is 479 g/mol. The zero-order valence-electron chi connectivity index (χ0n) is 20.9. The van der Waals surface area contributed by atoms with Crippen LogP contribution in [-0.2, 0) is 33.3 Å². The fourth-order valence-electron chi connectivity index (χ4n) is 9.14. The van der Waals surface area contributed by atoms with E-state index in [-0.39, 0.29) is 41.0 Å². The molecule has 0 radical (unpaired) electrons. The second-order valence-electron chi connectivity index (χ2n) is 12.1. The van der Waals surface area contributed by atoms with E-state index in [4.69, 9.17) is 18.9 Å². The van der Waals surface area contributed by atoms with Gasteiger partial charge in [-0.15, -0.1) is 0 Å². The first-order chi connectivity index (χ1) is 16.0. The van der Waals surface area contributed by atoms with Crippen LogP contribution in [-0.4, -0.2) is 47.8 Å². The van der Waals surface area contributed by atoms with Gasteiger partial charge in [-0.25, -0.2) is 0 Å². The van der Waals surface area contributed by atoms with Crippen LogP contribution in [0.25, 0.3) is 0 Å². The number of fused-ring (bicyclic) bond motifs is 2. The summed E-state index contributed by atoms with van der Waals surface area (Å²) in [5, 5.41) is 11.5. The van der Waals surface area contributed by atoms with Crippen molar-refractivity contribution in [3.63, 3.8) is 0 Å². The van der Waals surface area contributed by atoms with Gasteiger partial charge in [-0.1, -0.05) is 34.1 Å². The molecule has 5 fully saturated rings. The van der Waals surface area contributed by atoms with Crippen molar-refractivity contribution in [2.75, 3.05) is 0 Å². The van der Waals surface area contributed by atoms with Gasteiger partial charge in [0.25, 0.3) is 0 Å². The Morgan fingerprint density at radius 3 is 2.56 bits per heavy atom. The highest BCUT2D eigenvalue weighted by Gasteiger charge is 2.80. The molecule has 0 aromatic heterocycles. The molecule has 5 rings (SSSR count). The van der Waals surface area contributed by atoms with Gasteiger partial charge >= 0.3 is 17.9 Å². The Labute approximate surface area is 201 Å². The highest BCUT2D eigenvalue weighted by Crippen LogP contribution is 2.74. The number of hydrogen-bond donors (Lipinski definition) is 1. The minimum Gasteiger partial charge on any atom is -0.458 e. The Bertz CT molecular complexity index is 884. The molecule has 10 atom stereocenters. The maximum atomic E-state index is 12.9. The van der Waals surface area contributed by atoms with Crippen molar-refractivity contribution in [2.45, 2.75) is 104 Å². The lowest BCUT2D eigenvalue weighted by Crippen LogP contribution is -2.73. The summed E-state index contributed by atoms with van der Waals surface area (Å²) in [7, 11) is 0. The number of esters is 3. The predicted octanol–water partition coefficient (Wildman–Crippen LogP) is 3.34. The van der Waals surface area contributed by atoms with Crippen LogP contribution in [0, 0.1) is 39.9 Å². The summed E-state index contributed by atoms with van der Waals surface area (Å²) in [6.45, 7) is 9.91. The summed E-state index contributed by atoms with van der Waals surface area (Å²) in [4.78, 5) is 38.2. The maximum Gasteiger partial charge on any atom is 0.311 e. The van der Waals surface area contributed by atoms with Crippen molar-refractivity contribution in [3.8, 4) is 0 Å². The van der Waals surface area contributed by atoms with Crippen LogP contribution < -0.4 is 0 Å². The number of aliphatic hydroxyl groups excluding tert-OH is 1. The molecule has 1 spiro atoms. The lowest BCUT2D eigenvalue weighted by atomic mass is 9.37. The van der Waals surface area contributed by atoms with Gasteiger partial charge in [0.05, 0.1) is 11.3 Å². The third-order valence-electron chi connectivity index (χ3n) is 9.92. The van der Waals surface area contributed by atoms with Crippen LogP contribution in [0.2, 0.25) is 0 Å². The van der Waals surface area contributed by atoms with E-state index < -0.39 is 48.0 Å². The van der Waals surface area contributed by atoms with E-state index in [1.807, 2.05) is 6.92 Å². The quantitative estimate of drug-likeness (QED) is 0.484. The van der Waals surface area contributed by atoms with E-state index in [9.17, 15) is 19.5 Å². The Balaban J connectivity index is 1.72. The van der Waals surface area contributed by atoms with E-state index in [0.29, 0.717) is 19.3 Å². The molecule has 3 aliphatic carbocycles. The largest absolute Gasteiger partial charge is 0.458 e. The summed E-state index contributed by atoms with van der Waals surface area (Å²) in [6.07, 6.45) is 1.31. The van der Waals surface area contributed by atoms with E-state index in [1.54, 1.807) is 0 Å². The predicted molar refractivity (Wildman–Crippen MR) is 119 cm³/mol. The summed E-state index contributed by atoms with van der Waals surface area (Å²) in [5.74, 6) is -2.19. The van der Waals surface area contributed by atoms with Crippen molar-refractivity contribution in [3.05, 3.63) is 0 Å². The zero-order valence-corrected chi connectivity index (χ0v) is 20.9. The van der Waals surface area contributed by atoms with E-state index in [0.717, 1.165) is 19.3 Å². The monoisotopic (exact) mass is 478 g/mol. The summed E-state index contributed by atoms with van der Waals surface area (Å²) < 4.78 is 23.7. The van der Waals surface area contributed by atoms with Gasteiger partial charge in [-0.2, -0.15) is 0 Å². The smallest absolute Gasteiger partial charge is 0.311 e. The van der Waals surface area contributed by atoms with Crippen LogP contribution >= 0.6 is 0 Å². The summed E-state index contributed by atoms with van der Waals surface area (Å²) in [5.41, 5.74) is -1.56. The molecule has 3 saturated carbocycles. The Kier molecular flexibility index (Phi) is 5.60. The van der Waals surface area contributed by atoms with Crippen molar-refractivity contribution in [2.24, 2.45) is 39.9 Å². The molecule has 0 aromatic rings. The Morgan fingerprint density at radius 2 is 1.88 bits per heavy atom.